The zero-order valence-corrected chi connectivity index (χ0v) is 12.4. The van der Waals surface area contributed by atoms with E-state index in [0.29, 0.717) is 6.61 Å². The summed E-state index contributed by atoms with van der Waals surface area (Å²) in [6, 6.07) is 0. The minimum atomic E-state index is -0.855. The lowest BCUT2D eigenvalue weighted by atomic mass is 9.70. The van der Waals surface area contributed by atoms with Gasteiger partial charge in [0.25, 0.3) is 0 Å². The predicted molar refractivity (Wildman–Crippen MR) is 75.5 cm³/mol. The Morgan fingerprint density at radius 3 is 2.35 bits per heavy atom. The van der Waals surface area contributed by atoms with Gasteiger partial charge in [-0.2, -0.15) is 0 Å². The van der Waals surface area contributed by atoms with E-state index in [2.05, 4.69) is 0 Å². The van der Waals surface area contributed by atoms with Crippen molar-refractivity contribution in [2.24, 2.45) is 5.92 Å². The Hall–Kier alpha value is -0.160. The van der Waals surface area contributed by atoms with E-state index in [1.54, 1.807) is 0 Å². The van der Waals surface area contributed by atoms with Crippen molar-refractivity contribution in [3.63, 3.8) is 0 Å². The molecule has 1 saturated carbocycles. The second-order valence-electron chi connectivity index (χ2n) is 7.01. The van der Waals surface area contributed by atoms with E-state index in [9.17, 15) is 10.2 Å². The Bertz CT molecular complexity index is 300. The van der Waals surface area contributed by atoms with Crippen LogP contribution in [0.25, 0.3) is 0 Å². The smallest absolute Gasteiger partial charge is 0.0908 e. The largest absolute Gasteiger partial charge is 0.390 e. The molecular weight excluding hydrogens is 256 g/mol. The van der Waals surface area contributed by atoms with Crippen LogP contribution in [0.4, 0.5) is 0 Å². The van der Waals surface area contributed by atoms with E-state index < -0.39 is 11.7 Å². The standard InChI is InChI=1S/C16H28O4/c17-14(16(18)5-2-1-3-6-16)13-4-9-20-15(12-13)7-10-19-11-8-15/h13-14,17-18H,1-12H2. The number of aliphatic hydroxyl groups excluding tert-OH is 1. The average molecular weight is 284 g/mol. The van der Waals surface area contributed by atoms with Crippen molar-refractivity contribution in [2.45, 2.75) is 75.1 Å². The lowest BCUT2D eigenvalue weighted by molar-refractivity contribution is -0.185. The van der Waals surface area contributed by atoms with Gasteiger partial charge in [-0.1, -0.05) is 19.3 Å². The van der Waals surface area contributed by atoms with Gasteiger partial charge < -0.3 is 19.7 Å². The highest BCUT2D eigenvalue weighted by Gasteiger charge is 2.47. The molecule has 2 unspecified atom stereocenters. The molecule has 0 aromatic heterocycles. The Balaban J connectivity index is 1.66. The van der Waals surface area contributed by atoms with Gasteiger partial charge in [-0.05, 0) is 44.4 Å². The molecule has 2 atom stereocenters. The third-order valence-electron chi connectivity index (χ3n) is 5.65. The summed E-state index contributed by atoms with van der Waals surface area (Å²) in [6.45, 7) is 2.22. The summed E-state index contributed by atoms with van der Waals surface area (Å²) >= 11 is 0. The van der Waals surface area contributed by atoms with Crippen molar-refractivity contribution in [1.82, 2.24) is 0 Å². The van der Waals surface area contributed by atoms with Crippen LogP contribution in [0, 0.1) is 5.92 Å². The van der Waals surface area contributed by atoms with E-state index in [-0.39, 0.29) is 11.5 Å². The van der Waals surface area contributed by atoms with Gasteiger partial charge in [0.2, 0.25) is 0 Å². The Morgan fingerprint density at radius 1 is 0.950 bits per heavy atom. The highest BCUT2D eigenvalue weighted by molar-refractivity contribution is 4.98. The molecule has 2 heterocycles. The zero-order chi connectivity index (χ0) is 14.1. The molecular formula is C16H28O4. The fourth-order valence-electron chi connectivity index (χ4n) is 4.33. The van der Waals surface area contributed by atoms with Crippen molar-refractivity contribution in [3.8, 4) is 0 Å². The summed E-state index contributed by atoms with van der Waals surface area (Å²) < 4.78 is 11.5. The average Bonchev–Trinajstić information content (AvgIpc) is 2.48. The fraction of sp³-hybridized carbons (Fsp3) is 1.00. The molecule has 4 heteroatoms. The maximum Gasteiger partial charge on any atom is 0.0908 e. The number of aliphatic hydroxyl groups is 2. The molecule has 2 saturated heterocycles. The molecule has 3 fully saturated rings. The van der Waals surface area contributed by atoms with Crippen LogP contribution in [0.15, 0.2) is 0 Å². The van der Waals surface area contributed by atoms with Gasteiger partial charge in [0.05, 0.1) is 17.3 Å². The Labute approximate surface area is 121 Å². The van der Waals surface area contributed by atoms with E-state index >= 15 is 0 Å². The summed E-state index contributed by atoms with van der Waals surface area (Å²) in [4.78, 5) is 0. The van der Waals surface area contributed by atoms with Crippen molar-refractivity contribution in [1.29, 1.82) is 0 Å². The van der Waals surface area contributed by atoms with Crippen molar-refractivity contribution >= 4 is 0 Å². The van der Waals surface area contributed by atoms with Gasteiger partial charge in [-0.3, -0.25) is 0 Å². The predicted octanol–water partition coefficient (Wildman–Crippen LogP) is 2.02. The summed E-state index contributed by atoms with van der Waals surface area (Å²) in [5.74, 6) is 0.171. The van der Waals surface area contributed by atoms with Gasteiger partial charge in [0, 0.05) is 19.8 Å². The summed E-state index contributed by atoms with van der Waals surface area (Å²) in [7, 11) is 0. The summed E-state index contributed by atoms with van der Waals surface area (Å²) in [6.07, 6.45) is 7.76. The van der Waals surface area contributed by atoms with Crippen LogP contribution in [0.5, 0.6) is 0 Å². The Morgan fingerprint density at radius 2 is 1.65 bits per heavy atom. The molecule has 2 aliphatic heterocycles. The van der Waals surface area contributed by atoms with Crippen LogP contribution >= 0.6 is 0 Å². The topological polar surface area (TPSA) is 58.9 Å². The van der Waals surface area contributed by atoms with Crippen LogP contribution < -0.4 is 0 Å². The monoisotopic (exact) mass is 284 g/mol. The molecule has 116 valence electrons. The second-order valence-corrected chi connectivity index (χ2v) is 7.01. The minimum absolute atomic E-state index is 0.104. The van der Waals surface area contributed by atoms with Crippen molar-refractivity contribution in [3.05, 3.63) is 0 Å². The summed E-state index contributed by atoms with van der Waals surface area (Å²) in [5, 5.41) is 21.5. The third-order valence-corrected chi connectivity index (χ3v) is 5.65. The first-order valence-corrected chi connectivity index (χ1v) is 8.26. The highest BCUT2D eigenvalue weighted by atomic mass is 16.5. The van der Waals surface area contributed by atoms with Gasteiger partial charge in [-0.25, -0.2) is 0 Å². The number of hydrogen-bond donors (Lipinski definition) is 2. The van der Waals surface area contributed by atoms with Crippen LogP contribution in [0.3, 0.4) is 0 Å². The van der Waals surface area contributed by atoms with E-state index in [0.717, 1.165) is 64.6 Å². The SMILES string of the molecule is OC(C1CCOC2(CCOCC2)C1)C1(O)CCCCC1. The normalized spacial score (nSPS) is 34.8. The maximum atomic E-state index is 10.8. The van der Waals surface area contributed by atoms with Crippen LogP contribution in [0.1, 0.15) is 57.8 Å². The van der Waals surface area contributed by atoms with Crippen LogP contribution in [-0.2, 0) is 9.47 Å². The zero-order valence-electron chi connectivity index (χ0n) is 12.4. The maximum absolute atomic E-state index is 10.8. The first-order valence-electron chi connectivity index (χ1n) is 8.26. The quantitative estimate of drug-likeness (QED) is 0.814. The molecule has 1 spiro atoms. The van der Waals surface area contributed by atoms with E-state index in [1.165, 1.54) is 6.42 Å². The van der Waals surface area contributed by atoms with Crippen molar-refractivity contribution < 1.29 is 19.7 Å². The van der Waals surface area contributed by atoms with Crippen molar-refractivity contribution in [2.75, 3.05) is 19.8 Å². The molecule has 0 bridgehead atoms. The minimum Gasteiger partial charge on any atom is -0.390 e. The molecule has 3 rings (SSSR count). The Kier molecular flexibility index (Phi) is 4.37. The van der Waals surface area contributed by atoms with Crippen LogP contribution in [-0.4, -0.2) is 47.3 Å². The molecule has 1 aliphatic carbocycles. The molecule has 2 N–H and O–H groups in total. The van der Waals surface area contributed by atoms with Gasteiger partial charge >= 0.3 is 0 Å². The number of rotatable bonds is 2. The van der Waals surface area contributed by atoms with Gasteiger partial charge in [-0.15, -0.1) is 0 Å². The number of ether oxygens (including phenoxy) is 2. The summed E-state index contributed by atoms with van der Waals surface area (Å²) in [5.41, 5.74) is -0.959. The molecule has 20 heavy (non-hydrogen) atoms. The molecule has 0 amide bonds. The lowest BCUT2D eigenvalue weighted by Crippen LogP contribution is -2.53. The first kappa shape index (κ1) is 14.8. The van der Waals surface area contributed by atoms with E-state index in [1.807, 2.05) is 0 Å². The lowest BCUT2D eigenvalue weighted by Gasteiger charge is -2.47. The molecule has 0 aromatic carbocycles. The molecule has 3 aliphatic rings. The first-order chi connectivity index (χ1) is 9.64. The molecule has 0 radical (unpaired) electrons. The fourth-order valence-corrected chi connectivity index (χ4v) is 4.33. The van der Waals surface area contributed by atoms with E-state index in [4.69, 9.17) is 9.47 Å². The van der Waals surface area contributed by atoms with Gasteiger partial charge in [0.15, 0.2) is 0 Å². The molecule has 4 nitrogen and oxygen atoms in total. The van der Waals surface area contributed by atoms with Gasteiger partial charge in [0.1, 0.15) is 0 Å². The molecule has 0 aromatic rings. The van der Waals surface area contributed by atoms with Crippen LogP contribution in [0.2, 0.25) is 0 Å². The second kappa shape index (κ2) is 5.91. The number of hydrogen-bond acceptors (Lipinski definition) is 4. The third kappa shape index (κ3) is 2.89. The highest BCUT2D eigenvalue weighted by Crippen LogP contribution is 2.42.